The Hall–Kier alpha value is -4.17. The third kappa shape index (κ3) is 4.95. The molecule has 1 atom stereocenters. The van der Waals surface area contributed by atoms with Crippen molar-refractivity contribution in [3.8, 4) is 11.3 Å². The van der Waals surface area contributed by atoms with Crippen molar-refractivity contribution in [1.29, 1.82) is 0 Å². The number of rotatable bonds is 6. The molecule has 3 heterocycles. The van der Waals surface area contributed by atoms with Gasteiger partial charge in [-0.05, 0) is 93.3 Å². The van der Waals surface area contributed by atoms with E-state index in [0.29, 0.717) is 26.4 Å². The van der Waals surface area contributed by atoms with Crippen LogP contribution in [0.5, 0.6) is 0 Å². The first-order valence-electron chi connectivity index (χ1n) is 13.2. The zero-order chi connectivity index (χ0) is 28.7. The summed E-state index contributed by atoms with van der Waals surface area (Å²) in [5, 5.41) is 0. The van der Waals surface area contributed by atoms with Gasteiger partial charge in [-0.25, -0.2) is 9.79 Å². The number of aromatic nitrogens is 1. The number of hydrogen-bond donors (Lipinski definition) is 0. The van der Waals surface area contributed by atoms with Gasteiger partial charge in [0, 0.05) is 31.4 Å². The maximum atomic E-state index is 13.9. The quantitative estimate of drug-likeness (QED) is 0.311. The Morgan fingerprint density at radius 3 is 2.38 bits per heavy atom. The first kappa shape index (κ1) is 27.4. The number of nitrogens with zero attached hydrogens (tertiary/aromatic N) is 3. The van der Waals surface area contributed by atoms with Crippen molar-refractivity contribution in [2.24, 2.45) is 4.99 Å². The number of carbonyl (C=O) groups excluding carboxylic acids is 1. The van der Waals surface area contributed by atoms with E-state index in [0.717, 1.165) is 22.6 Å². The molecule has 2 aromatic heterocycles. The Labute approximate surface area is 237 Å². The molecule has 0 bridgehead atoms. The lowest BCUT2D eigenvalue weighted by Gasteiger charge is -2.25. The van der Waals surface area contributed by atoms with Gasteiger partial charge in [0.15, 0.2) is 4.80 Å². The summed E-state index contributed by atoms with van der Waals surface area (Å²) < 4.78 is 13.6. The van der Waals surface area contributed by atoms with Crippen LogP contribution in [0.25, 0.3) is 17.4 Å². The molecule has 1 unspecified atom stereocenters. The van der Waals surface area contributed by atoms with Gasteiger partial charge in [-0.15, -0.1) is 0 Å². The van der Waals surface area contributed by atoms with Gasteiger partial charge in [-0.2, -0.15) is 0 Å². The van der Waals surface area contributed by atoms with Crippen LogP contribution in [0.15, 0.2) is 74.0 Å². The second-order valence-corrected chi connectivity index (χ2v) is 11.2. The summed E-state index contributed by atoms with van der Waals surface area (Å²) >= 11 is 1.28. The lowest BCUT2D eigenvalue weighted by Crippen LogP contribution is -2.39. The summed E-state index contributed by atoms with van der Waals surface area (Å²) in [5.41, 5.74) is 7.16. The minimum Gasteiger partial charge on any atom is -0.463 e. The number of esters is 1. The minimum atomic E-state index is -0.653. The number of ether oxygens (including phenoxy) is 1. The molecule has 0 N–H and O–H groups in total. The van der Waals surface area contributed by atoms with Gasteiger partial charge in [0.05, 0.1) is 28.5 Å². The van der Waals surface area contributed by atoms with Gasteiger partial charge in [0.25, 0.3) is 5.56 Å². The molecule has 5 rings (SSSR count). The van der Waals surface area contributed by atoms with Crippen LogP contribution in [0, 0.1) is 20.8 Å². The minimum absolute atomic E-state index is 0.229. The van der Waals surface area contributed by atoms with Crippen LogP contribution >= 0.6 is 11.3 Å². The molecule has 0 spiro atoms. The van der Waals surface area contributed by atoms with Crippen molar-refractivity contribution in [3.63, 3.8) is 0 Å². The van der Waals surface area contributed by atoms with Crippen LogP contribution in [0.4, 0.5) is 5.69 Å². The van der Waals surface area contributed by atoms with Crippen LogP contribution in [0.2, 0.25) is 0 Å². The summed E-state index contributed by atoms with van der Waals surface area (Å²) in [6.07, 6.45) is 1.75. The van der Waals surface area contributed by atoms with Gasteiger partial charge >= 0.3 is 5.97 Å². The molecule has 1 aliphatic heterocycles. The van der Waals surface area contributed by atoms with E-state index in [-0.39, 0.29) is 12.2 Å². The Morgan fingerprint density at radius 1 is 1.07 bits per heavy atom. The highest BCUT2D eigenvalue weighted by Crippen LogP contribution is 2.32. The summed E-state index contributed by atoms with van der Waals surface area (Å²) in [6, 6.07) is 15.2. The lowest BCUT2D eigenvalue weighted by molar-refractivity contribution is -0.139. The number of aryl methyl sites for hydroxylation is 2. The van der Waals surface area contributed by atoms with Crippen molar-refractivity contribution in [2.75, 3.05) is 25.6 Å². The highest BCUT2D eigenvalue weighted by Gasteiger charge is 2.33. The fourth-order valence-electron chi connectivity index (χ4n) is 4.95. The van der Waals surface area contributed by atoms with Crippen molar-refractivity contribution < 1.29 is 13.9 Å². The molecule has 206 valence electrons. The summed E-state index contributed by atoms with van der Waals surface area (Å²) in [7, 11) is 3.93. The molecular weight excluding hydrogens is 522 g/mol. The van der Waals surface area contributed by atoms with E-state index in [9.17, 15) is 9.59 Å². The zero-order valence-corrected chi connectivity index (χ0v) is 24.7. The maximum Gasteiger partial charge on any atom is 0.338 e. The summed E-state index contributed by atoms with van der Waals surface area (Å²) in [6.45, 7) is 10.1. The molecule has 4 aromatic rings. The fourth-order valence-corrected chi connectivity index (χ4v) is 5.98. The number of fused-ring (bicyclic) bond motifs is 1. The number of allylic oxidation sites excluding steroid dienone is 1. The molecule has 1 aliphatic rings. The van der Waals surface area contributed by atoms with Gasteiger partial charge in [-0.3, -0.25) is 9.36 Å². The zero-order valence-electron chi connectivity index (χ0n) is 23.9. The van der Waals surface area contributed by atoms with Crippen molar-refractivity contribution in [1.82, 2.24) is 4.57 Å². The Morgan fingerprint density at radius 2 is 1.75 bits per heavy atom. The fraction of sp³-hybridized carbons (Fsp3) is 0.281. The SMILES string of the molecule is CCOC(=O)C1=C(C)N=c2s/c(=C\c3ccc(-c4cc(C)c(C)c(C)c4)o3)c(=O)n2C1c1ccc(N(C)C)cc1. The first-order valence-corrected chi connectivity index (χ1v) is 14.1. The number of carbonyl (C=O) groups is 1. The second kappa shape index (κ2) is 10.8. The first-order chi connectivity index (χ1) is 19.1. The predicted molar refractivity (Wildman–Crippen MR) is 160 cm³/mol. The van der Waals surface area contributed by atoms with Crippen LogP contribution in [0.3, 0.4) is 0 Å². The van der Waals surface area contributed by atoms with E-state index in [1.54, 1.807) is 24.5 Å². The molecule has 8 heteroatoms. The molecule has 0 saturated carbocycles. The monoisotopic (exact) mass is 555 g/mol. The van der Waals surface area contributed by atoms with Crippen LogP contribution < -0.4 is 19.8 Å². The van der Waals surface area contributed by atoms with Crippen LogP contribution in [-0.4, -0.2) is 31.2 Å². The molecular formula is C32H33N3O4S. The second-order valence-electron chi connectivity index (χ2n) is 10.2. The number of thiazole rings is 1. The van der Waals surface area contributed by atoms with E-state index in [1.807, 2.05) is 55.4 Å². The molecule has 7 nitrogen and oxygen atoms in total. The van der Waals surface area contributed by atoms with Gasteiger partial charge < -0.3 is 14.1 Å². The maximum absolute atomic E-state index is 13.9. The standard InChI is InChI=1S/C32H33N3O4S/c1-8-38-31(37)28-21(5)33-32-35(29(28)22-9-11-24(12-10-22)34(6)7)30(36)27(40-32)17-25-13-14-26(39-25)23-15-18(2)20(4)19(3)16-23/h9-17,29H,8H2,1-7H3/b27-17-. The molecule has 0 amide bonds. The van der Waals surface area contributed by atoms with Gasteiger partial charge in [-0.1, -0.05) is 23.5 Å². The van der Waals surface area contributed by atoms with E-state index in [1.165, 1.54) is 28.0 Å². The average Bonchev–Trinajstić information content (AvgIpc) is 3.50. The Bertz CT molecular complexity index is 1800. The predicted octanol–water partition coefficient (Wildman–Crippen LogP) is 5.05. The van der Waals surface area contributed by atoms with Crippen LogP contribution in [0.1, 0.15) is 47.9 Å². The molecule has 0 fully saturated rings. The Balaban J connectivity index is 1.62. The number of hydrogen-bond acceptors (Lipinski definition) is 7. The van der Waals surface area contributed by atoms with Crippen LogP contribution in [-0.2, 0) is 9.53 Å². The molecule has 40 heavy (non-hydrogen) atoms. The summed E-state index contributed by atoms with van der Waals surface area (Å²) in [4.78, 5) is 34.2. The van der Waals surface area contributed by atoms with Gasteiger partial charge in [0.1, 0.15) is 11.5 Å². The molecule has 2 aromatic carbocycles. The molecule has 0 saturated heterocycles. The van der Waals surface area contributed by atoms with E-state index in [2.05, 4.69) is 37.9 Å². The van der Waals surface area contributed by atoms with Crippen molar-refractivity contribution in [2.45, 2.75) is 40.7 Å². The smallest absolute Gasteiger partial charge is 0.338 e. The number of furan rings is 1. The van der Waals surface area contributed by atoms with Crippen molar-refractivity contribution >= 4 is 29.1 Å². The third-order valence-electron chi connectivity index (χ3n) is 7.35. The van der Waals surface area contributed by atoms with Crippen molar-refractivity contribution in [3.05, 3.63) is 108 Å². The van der Waals surface area contributed by atoms with Gasteiger partial charge in [0.2, 0.25) is 0 Å². The average molecular weight is 556 g/mol. The van der Waals surface area contributed by atoms with E-state index in [4.69, 9.17) is 9.15 Å². The van der Waals surface area contributed by atoms with E-state index < -0.39 is 12.0 Å². The molecule has 0 aliphatic carbocycles. The largest absolute Gasteiger partial charge is 0.463 e. The normalized spacial score (nSPS) is 15.2. The topological polar surface area (TPSA) is 77.0 Å². The van der Waals surface area contributed by atoms with E-state index >= 15 is 0 Å². The highest BCUT2D eigenvalue weighted by molar-refractivity contribution is 7.07. The number of benzene rings is 2. The summed E-state index contributed by atoms with van der Waals surface area (Å²) in [5.74, 6) is 0.841. The lowest BCUT2D eigenvalue weighted by atomic mass is 9.95. The molecule has 0 radical (unpaired) electrons. The highest BCUT2D eigenvalue weighted by atomic mass is 32.1. The Kier molecular flexibility index (Phi) is 7.38. The number of anilines is 1. The third-order valence-corrected chi connectivity index (χ3v) is 8.34.